The van der Waals surface area contributed by atoms with Gasteiger partial charge in [0.2, 0.25) is 0 Å². The predicted octanol–water partition coefficient (Wildman–Crippen LogP) is 1.54. The van der Waals surface area contributed by atoms with Crippen molar-refractivity contribution in [1.82, 2.24) is 9.80 Å². The molecule has 3 rings (SSSR count). The zero-order chi connectivity index (χ0) is 16.4. The predicted molar refractivity (Wildman–Crippen MR) is 88.9 cm³/mol. The van der Waals surface area contributed by atoms with E-state index in [0.29, 0.717) is 32.7 Å². The Morgan fingerprint density at radius 2 is 2.17 bits per heavy atom. The molecule has 0 aliphatic carbocycles. The first-order chi connectivity index (χ1) is 11.0. The molecule has 0 bridgehead atoms. The van der Waals surface area contributed by atoms with E-state index in [2.05, 4.69) is 0 Å². The molecule has 1 amide bonds. The first-order valence-corrected chi connectivity index (χ1v) is 8.39. The molecule has 1 fully saturated rings. The van der Waals surface area contributed by atoms with Gasteiger partial charge < -0.3 is 19.6 Å². The van der Waals surface area contributed by atoms with Crippen LogP contribution in [0.3, 0.4) is 0 Å². The third-order valence-corrected chi connectivity index (χ3v) is 4.75. The van der Waals surface area contributed by atoms with E-state index < -0.39 is 5.60 Å². The second-order valence-corrected chi connectivity index (χ2v) is 7.03. The van der Waals surface area contributed by atoms with Gasteiger partial charge in [-0.2, -0.15) is 0 Å². The molecule has 0 aromatic heterocycles. The lowest BCUT2D eigenvalue weighted by atomic mass is 9.94. The van der Waals surface area contributed by atoms with Gasteiger partial charge in [-0.15, -0.1) is 0 Å². The summed E-state index contributed by atoms with van der Waals surface area (Å²) in [5.41, 5.74) is 1.16. The molecule has 1 atom stereocenters. The van der Waals surface area contributed by atoms with E-state index >= 15 is 0 Å². The Morgan fingerprint density at radius 1 is 1.35 bits per heavy atom. The SMILES string of the molecule is CN(C)C[C@@]1(O)CCCN(C(=O)c2ccc3c(c2)CCO3)CC1. The highest BCUT2D eigenvalue weighted by atomic mass is 16.5. The number of rotatable bonds is 3. The number of hydrogen-bond acceptors (Lipinski definition) is 4. The van der Waals surface area contributed by atoms with Gasteiger partial charge >= 0.3 is 0 Å². The van der Waals surface area contributed by atoms with Crippen LogP contribution in [0.4, 0.5) is 0 Å². The van der Waals surface area contributed by atoms with Gasteiger partial charge in [0.15, 0.2) is 0 Å². The normalized spacial score (nSPS) is 24.3. The molecule has 2 heterocycles. The van der Waals surface area contributed by atoms with E-state index in [9.17, 15) is 9.90 Å². The molecule has 1 N–H and O–H groups in total. The Hall–Kier alpha value is -1.59. The van der Waals surface area contributed by atoms with Crippen molar-refractivity contribution in [3.8, 4) is 5.75 Å². The van der Waals surface area contributed by atoms with Crippen molar-refractivity contribution >= 4 is 5.91 Å². The second kappa shape index (κ2) is 6.49. The highest BCUT2D eigenvalue weighted by Crippen LogP contribution is 2.28. The van der Waals surface area contributed by atoms with Crippen LogP contribution < -0.4 is 4.74 Å². The van der Waals surface area contributed by atoms with Crippen molar-refractivity contribution in [2.45, 2.75) is 31.3 Å². The molecule has 0 radical (unpaired) electrons. The van der Waals surface area contributed by atoms with Crippen LogP contribution in [0.25, 0.3) is 0 Å². The molecule has 5 heteroatoms. The van der Waals surface area contributed by atoms with Gasteiger partial charge in [-0.3, -0.25) is 4.79 Å². The number of nitrogens with zero attached hydrogens (tertiary/aromatic N) is 2. The molecular weight excluding hydrogens is 292 g/mol. The third-order valence-electron chi connectivity index (χ3n) is 4.75. The van der Waals surface area contributed by atoms with Crippen LogP contribution in [-0.2, 0) is 6.42 Å². The summed E-state index contributed by atoms with van der Waals surface area (Å²) in [6, 6.07) is 5.71. The highest BCUT2D eigenvalue weighted by Gasteiger charge is 2.32. The van der Waals surface area contributed by atoms with Crippen LogP contribution in [0, 0.1) is 0 Å². The standard InChI is InChI=1S/C18H26N2O3/c1-19(2)13-18(22)7-3-9-20(10-8-18)17(21)15-4-5-16-14(12-15)6-11-23-16/h4-5,12,22H,3,6-11,13H2,1-2H3/t18-/m1/s1. The lowest BCUT2D eigenvalue weighted by molar-refractivity contribution is 0.00305. The molecule has 1 aromatic rings. The number of likely N-dealkylation sites (N-methyl/N-ethyl adjacent to an activating group) is 1. The zero-order valence-electron chi connectivity index (χ0n) is 14.0. The lowest BCUT2D eigenvalue weighted by Gasteiger charge is -2.30. The van der Waals surface area contributed by atoms with E-state index in [1.807, 2.05) is 42.1 Å². The van der Waals surface area contributed by atoms with Gasteiger partial charge in [-0.05, 0) is 57.1 Å². The topological polar surface area (TPSA) is 53.0 Å². The van der Waals surface area contributed by atoms with Gasteiger partial charge in [0.05, 0.1) is 12.2 Å². The van der Waals surface area contributed by atoms with Gasteiger partial charge in [-0.25, -0.2) is 0 Å². The fourth-order valence-corrected chi connectivity index (χ4v) is 3.63. The van der Waals surface area contributed by atoms with Crippen LogP contribution in [0.2, 0.25) is 0 Å². The zero-order valence-corrected chi connectivity index (χ0v) is 14.0. The van der Waals surface area contributed by atoms with Crippen LogP contribution in [0.1, 0.15) is 35.2 Å². The largest absolute Gasteiger partial charge is 0.493 e. The Balaban J connectivity index is 1.68. The van der Waals surface area contributed by atoms with Crippen molar-refractivity contribution in [3.05, 3.63) is 29.3 Å². The van der Waals surface area contributed by atoms with Gasteiger partial charge in [0.1, 0.15) is 5.75 Å². The molecule has 5 nitrogen and oxygen atoms in total. The quantitative estimate of drug-likeness (QED) is 0.918. The number of amides is 1. The summed E-state index contributed by atoms with van der Waals surface area (Å²) in [6.45, 7) is 2.67. The Morgan fingerprint density at radius 3 is 2.96 bits per heavy atom. The van der Waals surface area contributed by atoms with E-state index in [4.69, 9.17) is 4.74 Å². The van der Waals surface area contributed by atoms with E-state index in [1.165, 1.54) is 0 Å². The maximum Gasteiger partial charge on any atom is 0.253 e. The van der Waals surface area contributed by atoms with Crippen molar-refractivity contribution in [1.29, 1.82) is 0 Å². The minimum absolute atomic E-state index is 0.0637. The number of fused-ring (bicyclic) bond motifs is 1. The van der Waals surface area contributed by atoms with Gasteiger partial charge in [0.25, 0.3) is 5.91 Å². The molecule has 0 unspecified atom stereocenters. The molecule has 1 saturated heterocycles. The highest BCUT2D eigenvalue weighted by molar-refractivity contribution is 5.94. The molecule has 0 spiro atoms. The fourth-order valence-electron chi connectivity index (χ4n) is 3.63. The average molecular weight is 318 g/mol. The number of ether oxygens (including phenoxy) is 1. The number of likely N-dealkylation sites (tertiary alicyclic amines) is 1. The molecule has 0 saturated carbocycles. The van der Waals surface area contributed by atoms with Crippen LogP contribution in [-0.4, -0.2) is 66.8 Å². The summed E-state index contributed by atoms with van der Waals surface area (Å²) in [5, 5.41) is 10.7. The summed E-state index contributed by atoms with van der Waals surface area (Å²) in [6.07, 6.45) is 3.08. The summed E-state index contributed by atoms with van der Waals surface area (Å²) in [4.78, 5) is 16.7. The second-order valence-electron chi connectivity index (χ2n) is 7.03. The smallest absolute Gasteiger partial charge is 0.253 e. The number of benzene rings is 1. The lowest BCUT2D eigenvalue weighted by Crippen LogP contribution is -2.41. The minimum atomic E-state index is -0.690. The number of carbonyl (C=O) groups is 1. The van der Waals surface area contributed by atoms with E-state index in [-0.39, 0.29) is 5.91 Å². The van der Waals surface area contributed by atoms with Gasteiger partial charge in [0, 0.05) is 31.6 Å². The monoisotopic (exact) mass is 318 g/mol. The maximum absolute atomic E-state index is 12.8. The molecule has 1 aromatic carbocycles. The van der Waals surface area contributed by atoms with Crippen molar-refractivity contribution in [2.75, 3.05) is 40.3 Å². The van der Waals surface area contributed by atoms with Crippen molar-refractivity contribution in [3.63, 3.8) is 0 Å². The Bertz CT molecular complexity index is 588. The molecular formula is C18H26N2O3. The molecule has 2 aliphatic heterocycles. The van der Waals surface area contributed by atoms with Crippen LogP contribution in [0.15, 0.2) is 18.2 Å². The van der Waals surface area contributed by atoms with Crippen molar-refractivity contribution < 1.29 is 14.6 Å². The molecule has 23 heavy (non-hydrogen) atoms. The third kappa shape index (κ3) is 3.67. The fraction of sp³-hybridized carbons (Fsp3) is 0.611. The summed E-state index contributed by atoms with van der Waals surface area (Å²) < 4.78 is 5.50. The van der Waals surface area contributed by atoms with Crippen LogP contribution >= 0.6 is 0 Å². The van der Waals surface area contributed by atoms with Crippen LogP contribution in [0.5, 0.6) is 5.75 Å². The summed E-state index contributed by atoms with van der Waals surface area (Å²) in [7, 11) is 3.94. The maximum atomic E-state index is 12.8. The molecule has 2 aliphatic rings. The number of aliphatic hydroxyl groups is 1. The van der Waals surface area contributed by atoms with E-state index in [0.717, 1.165) is 36.1 Å². The summed E-state index contributed by atoms with van der Waals surface area (Å²) >= 11 is 0. The first kappa shape index (κ1) is 16.3. The molecule has 126 valence electrons. The van der Waals surface area contributed by atoms with Gasteiger partial charge in [-0.1, -0.05) is 0 Å². The Labute approximate surface area is 137 Å². The van der Waals surface area contributed by atoms with E-state index in [1.54, 1.807) is 0 Å². The number of hydrogen-bond donors (Lipinski definition) is 1. The first-order valence-electron chi connectivity index (χ1n) is 8.39. The number of carbonyl (C=O) groups excluding carboxylic acids is 1. The Kier molecular flexibility index (Phi) is 4.60. The van der Waals surface area contributed by atoms with Crippen molar-refractivity contribution in [2.24, 2.45) is 0 Å². The summed E-state index contributed by atoms with van der Waals surface area (Å²) in [5.74, 6) is 0.964. The average Bonchev–Trinajstić information content (AvgIpc) is 2.88. The minimum Gasteiger partial charge on any atom is -0.493 e.